The van der Waals surface area contributed by atoms with Crippen LogP contribution in [0.25, 0.3) is 0 Å². The molecule has 1 aromatic carbocycles. The number of fused-ring (bicyclic) bond motifs is 1. The van der Waals surface area contributed by atoms with Crippen molar-refractivity contribution in [3.05, 3.63) is 54.6 Å². The number of aliphatic hydroxyl groups is 1. The first-order valence-electron chi connectivity index (χ1n) is 12.8. The average molecular weight is 531 g/mol. The molecule has 0 saturated carbocycles. The summed E-state index contributed by atoms with van der Waals surface area (Å²) in [6, 6.07) is 6.10. The number of anilines is 1. The fourth-order valence-electron chi connectivity index (χ4n) is 6.36. The number of nitrogens with zero attached hydrogens (tertiary/aromatic N) is 2. The Kier molecular flexibility index (Phi) is 8.11. The number of ether oxygens (including phenoxy) is 2. The molecular weight excluding hydrogens is 496 g/mol. The number of likely N-dealkylation sites (tertiary alicyclic amines) is 1. The summed E-state index contributed by atoms with van der Waals surface area (Å²) in [6.07, 6.45) is 6.00. The molecule has 8 nitrogen and oxygen atoms in total. The van der Waals surface area contributed by atoms with Gasteiger partial charge in [-0.2, -0.15) is 0 Å². The predicted octanol–water partition coefficient (Wildman–Crippen LogP) is 3.52. The first kappa shape index (κ1) is 27.4. The third-order valence-electron chi connectivity index (χ3n) is 7.89. The van der Waals surface area contributed by atoms with Crippen LogP contribution in [0.2, 0.25) is 5.02 Å². The van der Waals surface area contributed by atoms with Gasteiger partial charge in [0.25, 0.3) is 5.91 Å². The summed E-state index contributed by atoms with van der Waals surface area (Å²) in [5.41, 5.74) is -1.55. The van der Waals surface area contributed by atoms with E-state index in [9.17, 15) is 19.5 Å². The molecule has 5 atom stereocenters. The number of hydrogen-bond donors (Lipinski definition) is 1. The van der Waals surface area contributed by atoms with Crippen molar-refractivity contribution in [2.24, 2.45) is 11.8 Å². The van der Waals surface area contributed by atoms with E-state index in [0.717, 1.165) is 0 Å². The number of benzene rings is 1. The van der Waals surface area contributed by atoms with Crippen LogP contribution in [0.15, 0.2) is 49.6 Å². The number of carbonyl (C=O) groups excluding carboxylic acids is 3. The van der Waals surface area contributed by atoms with E-state index in [1.54, 1.807) is 35.2 Å². The van der Waals surface area contributed by atoms with Crippen LogP contribution in [0.5, 0.6) is 0 Å². The molecule has 4 rings (SSSR count). The van der Waals surface area contributed by atoms with Crippen molar-refractivity contribution in [2.45, 2.75) is 56.3 Å². The molecule has 200 valence electrons. The summed E-state index contributed by atoms with van der Waals surface area (Å²) >= 11 is 6.48. The number of aliphatic hydroxyl groups excluding tert-OH is 1. The number of carbonyl (C=O) groups is 3. The first-order valence-corrected chi connectivity index (χ1v) is 13.2. The van der Waals surface area contributed by atoms with Gasteiger partial charge in [0.15, 0.2) is 0 Å². The van der Waals surface area contributed by atoms with E-state index in [-0.39, 0.29) is 31.6 Å². The largest absolute Gasteiger partial charge is 0.461 e. The molecule has 37 heavy (non-hydrogen) atoms. The maximum Gasteiger partial charge on any atom is 0.313 e. The Morgan fingerprint density at radius 3 is 2.68 bits per heavy atom. The second-order valence-electron chi connectivity index (χ2n) is 10.2. The molecule has 9 heteroatoms. The van der Waals surface area contributed by atoms with Gasteiger partial charge in [0, 0.05) is 19.7 Å². The predicted molar refractivity (Wildman–Crippen MR) is 140 cm³/mol. The summed E-state index contributed by atoms with van der Waals surface area (Å²) in [5.74, 6) is -2.75. The number of unbranched alkanes of at least 4 members (excludes halogenated alkanes) is 2. The minimum atomic E-state index is -1.15. The van der Waals surface area contributed by atoms with E-state index in [1.165, 1.54) is 11.0 Å². The van der Waals surface area contributed by atoms with E-state index >= 15 is 0 Å². The van der Waals surface area contributed by atoms with Gasteiger partial charge in [-0.25, -0.2) is 0 Å². The molecule has 2 unspecified atom stereocenters. The van der Waals surface area contributed by atoms with Crippen molar-refractivity contribution in [2.75, 3.05) is 31.2 Å². The number of hydrogen-bond acceptors (Lipinski definition) is 6. The summed E-state index contributed by atoms with van der Waals surface area (Å²) < 4.78 is 12.0. The zero-order valence-corrected chi connectivity index (χ0v) is 22.0. The van der Waals surface area contributed by atoms with Crippen molar-refractivity contribution in [1.82, 2.24) is 4.90 Å². The van der Waals surface area contributed by atoms with Gasteiger partial charge < -0.3 is 24.4 Å². The Morgan fingerprint density at radius 1 is 1.24 bits per heavy atom. The van der Waals surface area contributed by atoms with Crippen LogP contribution in [-0.2, 0) is 23.9 Å². The fraction of sp³-hybridized carbons (Fsp3) is 0.536. The molecule has 2 bridgehead atoms. The smallest absolute Gasteiger partial charge is 0.313 e. The molecule has 2 amide bonds. The topological polar surface area (TPSA) is 96.4 Å². The Morgan fingerprint density at radius 2 is 2.00 bits per heavy atom. The molecule has 3 fully saturated rings. The Balaban J connectivity index is 1.76. The summed E-state index contributed by atoms with van der Waals surface area (Å²) in [4.78, 5) is 44.7. The zero-order valence-electron chi connectivity index (χ0n) is 21.2. The van der Waals surface area contributed by atoms with E-state index < -0.39 is 35.0 Å². The van der Waals surface area contributed by atoms with Gasteiger partial charge in [0.1, 0.15) is 24.2 Å². The quantitative estimate of drug-likeness (QED) is 0.252. The lowest BCUT2D eigenvalue weighted by molar-refractivity contribution is -0.158. The summed E-state index contributed by atoms with van der Waals surface area (Å²) in [6.45, 7) is 9.84. The highest BCUT2D eigenvalue weighted by molar-refractivity contribution is 6.34. The van der Waals surface area contributed by atoms with Gasteiger partial charge >= 0.3 is 5.97 Å². The van der Waals surface area contributed by atoms with Crippen LogP contribution in [0, 0.1) is 11.8 Å². The van der Waals surface area contributed by atoms with Crippen LogP contribution < -0.4 is 4.90 Å². The van der Waals surface area contributed by atoms with Crippen LogP contribution in [-0.4, -0.2) is 71.3 Å². The number of halogens is 1. The van der Waals surface area contributed by atoms with Gasteiger partial charge in [-0.15, -0.1) is 6.58 Å². The van der Waals surface area contributed by atoms with Gasteiger partial charge in [-0.05, 0) is 51.2 Å². The molecule has 1 aromatic rings. The van der Waals surface area contributed by atoms with Gasteiger partial charge in [-0.3, -0.25) is 14.4 Å². The van der Waals surface area contributed by atoms with E-state index in [2.05, 4.69) is 13.2 Å². The average Bonchev–Trinajstić information content (AvgIpc) is 3.44. The van der Waals surface area contributed by atoms with E-state index in [0.29, 0.717) is 49.4 Å². The molecule has 1 spiro atoms. The Bertz CT molecular complexity index is 1080. The number of para-hydroxylation sites is 1. The SMILES string of the molecule is C=CCOC(=O)[C@H]1[C@H]2C(=O)N(CCCCCO)C(C(=O)N(CC=C)c3ccccc3Cl)C23CC[C@]1(C)O3. The molecule has 0 aromatic heterocycles. The van der Waals surface area contributed by atoms with Crippen LogP contribution in [0.1, 0.15) is 39.0 Å². The minimum absolute atomic E-state index is 0.0339. The maximum absolute atomic E-state index is 14.4. The Hall–Kier alpha value is -2.68. The zero-order chi connectivity index (χ0) is 26.8. The molecule has 0 aliphatic carbocycles. The van der Waals surface area contributed by atoms with E-state index in [1.807, 2.05) is 6.92 Å². The van der Waals surface area contributed by atoms with Gasteiger partial charge in [0.2, 0.25) is 5.91 Å². The molecule has 3 aliphatic heterocycles. The monoisotopic (exact) mass is 530 g/mol. The van der Waals surface area contributed by atoms with Crippen molar-refractivity contribution in [3.8, 4) is 0 Å². The lowest BCUT2D eigenvalue weighted by Gasteiger charge is -2.37. The lowest BCUT2D eigenvalue weighted by Crippen LogP contribution is -2.56. The Labute approximate surface area is 222 Å². The third kappa shape index (κ3) is 4.60. The lowest BCUT2D eigenvalue weighted by atomic mass is 9.66. The molecular formula is C28H35ClN2O6. The van der Waals surface area contributed by atoms with Crippen molar-refractivity contribution >= 4 is 35.1 Å². The first-order chi connectivity index (χ1) is 17.8. The normalized spacial score (nSPS) is 29.8. The summed E-state index contributed by atoms with van der Waals surface area (Å²) in [5, 5.41) is 9.61. The van der Waals surface area contributed by atoms with Crippen LogP contribution in [0.3, 0.4) is 0 Å². The number of esters is 1. The van der Waals surface area contributed by atoms with Gasteiger partial charge in [0.05, 0.1) is 22.2 Å². The molecule has 0 radical (unpaired) electrons. The van der Waals surface area contributed by atoms with Crippen molar-refractivity contribution in [3.63, 3.8) is 0 Å². The third-order valence-corrected chi connectivity index (χ3v) is 8.21. The van der Waals surface area contributed by atoms with Crippen LogP contribution in [0.4, 0.5) is 5.69 Å². The molecule has 3 saturated heterocycles. The van der Waals surface area contributed by atoms with Crippen LogP contribution >= 0.6 is 11.6 Å². The minimum Gasteiger partial charge on any atom is -0.461 e. The number of amides is 2. The highest BCUT2D eigenvalue weighted by Gasteiger charge is 2.78. The van der Waals surface area contributed by atoms with Crippen molar-refractivity contribution in [1.29, 1.82) is 0 Å². The fourth-order valence-corrected chi connectivity index (χ4v) is 6.60. The molecule has 3 heterocycles. The molecule has 1 N–H and O–H groups in total. The highest BCUT2D eigenvalue weighted by atomic mass is 35.5. The second kappa shape index (κ2) is 11.0. The highest BCUT2D eigenvalue weighted by Crippen LogP contribution is 2.63. The second-order valence-corrected chi connectivity index (χ2v) is 10.6. The van der Waals surface area contributed by atoms with E-state index in [4.69, 9.17) is 21.1 Å². The maximum atomic E-state index is 14.4. The summed E-state index contributed by atoms with van der Waals surface area (Å²) in [7, 11) is 0. The number of rotatable bonds is 12. The van der Waals surface area contributed by atoms with Crippen molar-refractivity contribution < 1.29 is 29.0 Å². The standard InChI is InChI=1S/C28H35ClN2O6/c1-4-15-30(20-12-8-7-11-19(20)29)25(34)23-28-14-13-27(3,37-28)22(26(35)36-18-5-2)21(28)24(33)31(23)16-9-6-10-17-32/h4-5,7-8,11-12,21-23,32H,1-2,6,9-10,13-18H2,3H3/t21-,22+,23?,27-,28?/m0/s1. The molecule has 3 aliphatic rings. The van der Waals surface area contributed by atoms with Gasteiger partial charge in [-0.1, -0.05) is 42.5 Å².